The fraction of sp³-hybridized carbons (Fsp3) is 0.533. The Kier molecular flexibility index (Phi) is 9.69. The minimum absolute atomic E-state index is 0. The molecule has 0 saturated carbocycles. The first-order valence-corrected chi connectivity index (χ1v) is 7.19. The molecule has 1 fully saturated rings. The minimum atomic E-state index is -0.637. The Morgan fingerprint density at radius 3 is 2.42 bits per heavy atom. The second-order valence-electron chi connectivity index (χ2n) is 5.71. The molecule has 1 heterocycles. The number of rotatable bonds is 5. The zero-order valence-electron chi connectivity index (χ0n) is 13.5. The van der Waals surface area contributed by atoms with Gasteiger partial charge in [-0.15, -0.1) is 24.8 Å². The summed E-state index contributed by atoms with van der Waals surface area (Å²) in [5.74, 6) is -1.55. The number of likely N-dealkylation sites (N-methyl/N-ethyl adjacent to an activating group) is 1. The van der Waals surface area contributed by atoms with Crippen molar-refractivity contribution in [1.29, 1.82) is 0 Å². The van der Waals surface area contributed by atoms with Gasteiger partial charge in [0.15, 0.2) is 0 Å². The SMILES string of the molecule is CN(C)C(CNC(=O)C1CC(O)CN1)c1c(F)cccc1F.Cl.Cl. The average Bonchev–Trinajstić information content (AvgIpc) is 2.88. The second kappa shape index (κ2) is 10.1. The molecule has 1 amide bonds. The van der Waals surface area contributed by atoms with Crippen molar-refractivity contribution >= 4 is 30.7 Å². The highest BCUT2D eigenvalue weighted by molar-refractivity contribution is 5.85. The molecule has 1 aromatic carbocycles. The number of benzene rings is 1. The molecule has 5 nitrogen and oxygen atoms in total. The number of carbonyl (C=O) groups is 1. The quantitative estimate of drug-likeness (QED) is 0.713. The molecular formula is C15H23Cl2F2N3O2. The van der Waals surface area contributed by atoms with Crippen molar-refractivity contribution in [2.24, 2.45) is 0 Å². The molecule has 0 aliphatic carbocycles. The molecule has 0 spiro atoms. The van der Waals surface area contributed by atoms with E-state index in [4.69, 9.17) is 0 Å². The lowest BCUT2D eigenvalue weighted by Crippen LogP contribution is -2.43. The van der Waals surface area contributed by atoms with Crippen LogP contribution in [0.5, 0.6) is 0 Å². The summed E-state index contributed by atoms with van der Waals surface area (Å²) in [4.78, 5) is 13.7. The average molecular weight is 386 g/mol. The molecule has 0 radical (unpaired) electrons. The minimum Gasteiger partial charge on any atom is -0.392 e. The molecule has 1 saturated heterocycles. The summed E-state index contributed by atoms with van der Waals surface area (Å²) in [5.41, 5.74) is -0.0628. The number of nitrogens with zero attached hydrogens (tertiary/aromatic N) is 1. The molecule has 1 aliphatic heterocycles. The highest BCUT2D eigenvalue weighted by Gasteiger charge is 2.29. The number of halogens is 4. The molecule has 24 heavy (non-hydrogen) atoms. The van der Waals surface area contributed by atoms with Gasteiger partial charge in [0.2, 0.25) is 5.91 Å². The van der Waals surface area contributed by atoms with Crippen molar-refractivity contribution in [3.63, 3.8) is 0 Å². The van der Waals surface area contributed by atoms with E-state index in [1.807, 2.05) is 0 Å². The first-order valence-electron chi connectivity index (χ1n) is 7.19. The van der Waals surface area contributed by atoms with Crippen LogP contribution < -0.4 is 10.6 Å². The molecule has 3 atom stereocenters. The Morgan fingerprint density at radius 1 is 1.38 bits per heavy atom. The molecule has 1 aliphatic rings. The van der Waals surface area contributed by atoms with Gasteiger partial charge >= 0.3 is 0 Å². The number of hydrogen-bond acceptors (Lipinski definition) is 4. The summed E-state index contributed by atoms with van der Waals surface area (Å²) in [7, 11) is 3.39. The maximum Gasteiger partial charge on any atom is 0.237 e. The third kappa shape index (κ3) is 5.53. The maximum absolute atomic E-state index is 13.9. The molecule has 0 aromatic heterocycles. The lowest BCUT2D eigenvalue weighted by Gasteiger charge is -2.26. The first-order chi connectivity index (χ1) is 10.4. The van der Waals surface area contributed by atoms with Crippen LogP contribution in [0, 0.1) is 11.6 Å². The van der Waals surface area contributed by atoms with Crippen molar-refractivity contribution in [2.45, 2.75) is 24.6 Å². The highest BCUT2D eigenvalue weighted by Crippen LogP contribution is 2.24. The second-order valence-corrected chi connectivity index (χ2v) is 5.71. The highest BCUT2D eigenvalue weighted by atomic mass is 35.5. The van der Waals surface area contributed by atoms with E-state index in [2.05, 4.69) is 10.6 Å². The van der Waals surface area contributed by atoms with Crippen molar-refractivity contribution < 1.29 is 18.7 Å². The van der Waals surface area contributed by atoms with Gasteiger partial charge in [0.05, 0.1) is 18.2 Å². The van der Waals surface area contributed by atoms with Crippen LogP contribution in [0.15, 0.2) is 18.2 Å². The van der Waals surface area contributed by atoms with Crippen molar-refractivity contribution in [1.82, 2.24) is 15.5 Å². The summed E-state index contributed by atoms with van der Waals surface area (Å²) < 4.78 is 27.8. The van der Waals surface area contributed by atoms with Gasteiger partial charge in [0.1, 0.15) is 11.6 Å². The van der Waals surface area contributed by atoms with Crippen molar-refractivity contribution in [2.75, 3.05) is 27.2 Å². The fourth-order valence-corrected chi connectivity index (χ4v) is 2.61. The third-order valence-corrected chi connectivity index (χ3v) is 3.85. The van der Waals surface area contributed by atoms with Crippen LogP contribution in [-0.4, -0.2) is 55.2 Å². The molecular weight excluding hydrogens is 363 g/mol. The van der Waals surface area contributed by atoms with E-state index in [1.54, 1.807) is 19.0 Å². The van der Waals surface area contributed by atoms with Crippen LogP contribution in [-0.2, 0) is 4.79 Å². The van der Waals surface area contributed by atoms with Gasteiger partial charge in [-0.3, -0.25) is 4.79 Å². The zero-order chi connectivity index (χ0) is 16.3. The van der Waals surface area contributed by atoms with Crippen LogP contribution in [0.25, 0.3) is 0 Å². The van der Waals surface area contributed by atoms with E-state index in [-0.39, 0.29) is 42.8 Å². The number of carbonyl (C=O) groups excluding carboxylic acids is 1. The van der Waals surface area contributed by atoms with Crippen LogP contribution in [0.3, 0.4) is 0 Å². The number of hydrogen-bond donors (Lipinski definition) is 3. The van der Waals surface area contributed by atoms with Crippen LogP contribution >= 0.6 is 24.8 Å². The number of nitrogens with one attached hydrogen (secondary N) is 2. The summed E-state index contributed by atoms with van der Waals surface area (Å²) in [6.45, 7) is 0.453. The van der Waals surface area contributed by atoms with Crippen LogP contribution in [0.2, 0.25) is 0 Å². The fourth-order valence-electron chi connectivity index (χ4n) is 2.61. The first kappa shape index (κ1) is 23.0. The lowest BCUT2D eigenvalue weighted by atomic mass is 10.0. The van der Waals surface area contributed by atoms with E-state index >= 15 is 0 Å². The monoisotopic (exact) mass is 385 g/mol. The topological polar surface area (TPSA) is 64.6 Å². The van der Waals surface area contributed by atoms with E-state index in [9.17, 15) is 18.7 Å². The maximum atomic E-state index is 13.9. The molecule has 2 rings (SSSR count). The van der Waals surface area contributed by atoms with Crippen molar-refractivity contribution in [3.05, 3.63) is 35.4 Å². The van der Waals surface area contributed by atoms with E-state index in [1.165, 1.54) is 18.2 Å². The number of aliphatic hydroxyl groups excluding tert-OH is 1. The third-order valence-electron chi connectivity index (χ3n) is 3.85. The predicted molar refractivity (Wildman–Crippen MR) is 92.7 cm³/mol. The molecule has 9 heteroatoms. The predicted octanol–water partition coefficient (Wildman–Crippen LogP) is 1.25. The standard InChI is InChI=1S/C15H21F2N3O2.2ClH/c1-20(2)13(14-10(16)4-3-5-11(14)17)8-19-15(22)12-6-9(21)7-18-12;;/h3-5,9,12-13,18,21H,6-8H2,1-2H3,(H,19,22);2*1H. The van der Waals surface area contributed by atoms with E-state index < -0.39 is 29.8 Å². The van der Waals surface area contributed by atoms with Crippen LogP contribution in [0.1, 0.15) is 18.0 Å². The van der Waals surface area contributed by atoms with E-state index in [0.29, 0.717) is 13.0 Å². The summed E-state index contributed by atoms with van der Waals surface area (Å²) in [6, 6.07) is 2.63. The van der Waals surface area contributed by atoms with Crippen molar-refractivity contribution in [3.8, 4) is 0 Å². The number of aliphatic hydroxyl groups is 1. The van der Waals surface area contributed by atoms with Gasteiger partial charge in [-0.1, -0.05) is 6.07 Å². The molecule has 138 valence electrons. The molecule has 3 N–H and O–H groups in total. The van der Waals surface area contributed by atoms with Gasteiger partial charge in [0.25, 0.3) is 0 Å². The Balaban J connectivity index is 0.00000264. The zero-order valence-corrected chi connectivity index (χ0v) is 15.1. The normalized spacial score (nSPS) is 20.9. The van der Waals surface area contributed by atoms with Gasteiger partial charge < -0.3 is 20.6 Å². The summed E-state index contributed by atoms with van der Waals surface area (Å²) in [5, 5.41) is 15.0. The van der Waals surface area contributed by atoms with E-state index in [0.717, 1.165) is 0 Å². The largest absolute Gasteiger partial charge is 0.392 e. The van der Waals surface area contributed by atoms with Gasteiger partial charge in [-0.25, -0.2) is 8.78 Å². The van der Waals surface area contributed by atoms with Crippen LogP contribution in [0.4, 0.5) is 8.78 Å². The van der Waals surface area contributed by atoms with Gasteiger partial charge in [-0.05, 0) is 32.6 Å². The Bertz CT molecular complexity index is 529. The molecule has 3 unspecified atom stereocenters. The molecule has 0 bridgehead atoms. The number of β-amino-alcohol motifs (C(OH)–C–C–N with tert-alkyl or cyclic N) is 1. The Hall–Kier alpha value is -0.990. The van der Waals surface area contributed by atoms with Gasteiger partial charge in [-0.2, -0.15) is 0 Å². The smallest absolute Gasteiger partial charge is 0.237 e. The summed E-state index contributed by atoms with van der Waals surface area (Å²) >= 11 is 0. The Morgan fingerprint density at radius 2 is 1.96 bits per heavy atom. The van der Waals surface area contributed by atoms with Gasteiger partial charge in [0, 0.05) is 18.7 Å². The molecule has 1 aromatic rings. The summed E-state index contributed by atoms with van der Waals surface area (Å²) in [6.07, 6.45) is -0.198. The number of amides is 1. The lowest BCUT2D eigenvalue weighted by molar-refractivity contribution is -0.123. The Labute approximate surface area is 152 Å².